The van der Waals surface area contributed by atoms with Crippen LogP contribution in [0.4, 0.5) is 10.5 Å². The third-order valence-electron chi connectivity index (χ3n) is 2.55. The van der Waals surface area contributed by atoms with Crippen LogP contribution in [-0.2, 0) is 14.3 Å². The van der Waals surface area contributed by atoms with E-state index in [1.165, 1.54) is 0 Å². The standard InChI is InChI=1S/C16H21NO4/c1-10-9-13(17)7-6-12(10)8-11(2)14(18)20-15(19)21-16(3,4)5/h6-9H,17H2,1-5H3. The number of hydrogen-bond acceptors (Lipinski definition) is 5. The summed E-state index contributed by atoms with van der Waals surface area (Å²) in [6.07, 6.45) is 0.635. The van der Waals surface area contributed by atoms with Crippen LogP contribution in [0, 0.1) is 6.92 Å². The number of carbonyl (C=O) groups is 2. The fourth-order valence-corrected chi connectivity index (χ4v) is 1.58. The number of anilines is 1. The minimum absolute atomic E-state index is 0.300. The quantitative estimate of drug-likeness (QED) is 0.391. The average Bonchev–Trinajstić information content (AvgIpc) is 2.29. The number of nitrogens with two attached hydrogens (primary N) is 1. The Morgan fingerprint density at radius 1 is 1.24 bits per heavy atom. The fraction of sp³-hybridized carbons (Fsp3) is 0.375. The molecule has 114 valence electrons. The third-order valence-corrected chi connectivity index (χ3v) is 2.55. The number of aryl methyl sites for hydroxylation is 1. The zero-order valence-electron chi connectivity index (χ0n) is 13.0. The Bertz CT molecular complexity index is 582. The van der Waals surface area contributed by atoms with Crippen LogP contribution < -0.4 is 5.73 Å². The molecule has 1 rings (SSSR count). The molecule has 1 aromatic rings. The minimum atomic E-state index is -1.01. The number of nitrogen functional groups attached to an aromatic ring is 1. The van der Waals surface area contributed by atoms with Crippen molar-refractivity contribution < 1.29 is 19.1 Å². The van der Waals surface area contributed by atoms with E-state index in [9.17, 15) is 9.59 Å². The van der Waals surface area contributed by atoms with Crippen molar-refractivity contribution in [2.75, 3.05) is 5.73 Å². The molecule has 2 N–H and O–H groups in total. The van der Waals surface area contributed by atoms with Gasteiger partial charge in [0, 0.05) is 11.3 Å². The van der Waals surface area contributed by atoms with Gasteiger partial charge in [0.05, 0.1) is 0 Å². The lowest BCUT2D eigenvalue weighted by molar-refractivity contribution is -0.136. The van der Waals surface area contributed by atoms with Gasteiger partial charge in [-0.3, -0.25) is 0 Å². The van der Waals surface area contributed by atoms with Crippen LogP contribution in [0.5, 0.6) is 0 Å². The van der Waals surface area contributed by atoms with Gasteiger partial charge in [-0.2, -0.15) is 0 Å². The summed E-state index contributed by atoms with van der Waals surface area (Å²) in [5.41, 5.74) is 7.68. The molecule has 21 heavy (non-hydrogen) atoms. The molecule has 0 radical (unpaired) electrons. The van der Waals surface area contributed by atoms with Crippen LogP contribution in [0.3, 0.4) is 0 Å². The van der Waals surface area contributed by atoms with Gasteiger partial charge < -0.3 is 15.2 Å². The van der Waals surface area contributed by atoms with E-state index >= 15 is 0 Å². The molecule has 0 amide bonds. The number of carbonyl (C=O) groups excluding carboxylic acids is 2. The zero-order chi connectivity index (χ0) is 16.2. The first kappa shape index (κ1) is 16.8. The van der Waals surface area contributed by atoms with Crippen LogP contribution >= 0.6 is 0 Å². The van der Waals surface area contributed by atoms with Crippen LogP contribution in [0.1, 0.15) is 38.8 Å². The molecule has 0 atom stereocenters. The predicted octanol–water partition coefficient (Wildman–Crippen LogP) is 3.46. The van der Waals surface area contributed by atoms with Crippen LogP contribution in [0.2, 0.25) is 0 Å². The van der Waals surface area contributed by atoms with E-state index in [1.807, 2.05) is 6.92 Å². The van der Waals surface area contributed by atoms with Gasteiger partial charge in [0.15, 0.2) is 0 Å². The van der Waals surface area contributed by atoms with Crippen molar-refractivity contribution in [2.45, 2.75) is 40.2 Å². The molecular weight excluding hydrogens is 270 g/mol. The van der Waals surface area contributed by atoms with E-state index in [4.69, 9.17) is 10.5 Å². The van der Waals surface area contributed by atoms with Gasteiger partial charge >= 0.3 is 12.1 Å². The van der Waals surface area contributed by atoms with Crippen molar-refractivity contribution in [2.24, 2.45) is 0 Å². The van der Waals surface area contributed by atoms with Gasteiger partial charge in [-0.05, 0) is 64.0 Å². The second-order valence-corrected chi connectivity index (χ2v) is 5.80. The highest BCUT2D eigenvalue weighted by atomic mass is 16.7. The molecule has 0 fully saturated rings. The van der Waals surface area contributed by atoms with Crippen molar-refractivity contribution in [1.82, 2.24) is 0 Å². The molecule has 0 saturated carbocycles. The van der Waals surface area contributed by atoms with Crippen molar-refractivity contribution in [3.8, 4) is 0 Å². The Labute approximate surface area is 124 Å². The van der Waals surface area contributed by atoms with E-state index in [0.717, 1.165) is 11.1 Å². The molecule has 0 saturated heterocycles. The van der Waals surface area contributed by atoms with Crippen molar-refractivity contribution in [3.05, 3.63) is 34.9 Å². The van der Waals surface area contributed by atoms with E-state index in [1.54, 1.807) is 52.0 Å². The maximum atomic E-state index is 11.8. The normalized spacial score (nSPS) is 12.0. The molecule has 0 aromatic heterocycles. The largest absolute Gasteiger partial charge is 0.516 e. The molecule has 0 bridgehead atoms. The first-order valence-corrected chi connectivity index (χ1v) is 6.58. The summed E-state index contributed by atoms with van der Waals surface area (Å²) in [5, 5.41) is 0. The second kappa shape index (κ2) is 6.43. The summed E-state index contributed by atoms with van der Waals surface area (Å²) in [6.45, 7) is 8.54. The summed E-state index contributed by atoms with van der Waals surface area (Å²) in [7, 11) is 0. The Kier molecular flexibility index (Phi) is 5.13. The van der Waals surface area contributed by atoms with Gasteiger partial charge in [0.1, 0.15) is 5.60 Å². The molecule has 5 heteroatoms. The molecule has 0 spiro atoms. The molecule has 5 nitrogen and oxygen atoms in total. The second-order valence-electron chi connectivity index (χ2n) is 5.80. The lowest BCUT2D eigenvalue weighted by Crippen LogP contribution is -2.26. The Morgan fingerprint density at radius 3 is 2.38 bits per heavy atom. The van der Waals surface area contributed by atoms with E-state index in [2.05, 4.69) is 4.74 Å². The number of ether oxygens (including phenoxy) is 2. The SMILES string of the molecule is CC(=Cc1ccc(N)cc1C)C(=O)OC(=O)OC(C)(C)C. The highest BCUT2D eigenvalue weighted by Gasteiger charge is 2.20. The van der Waals surface area contributed by atoms with Gasteiger partial charge in [-0.15, -0.1) is 0 Å². The topological polar surface area (TPSA) is 78.6 Å². The Morgan fingerprint density at radius 2 is 1.86 bits per heavy atom. The van der Waals surface area contributed by atoms with Gasteiger partial charge in [-0.1, -0.05) is 6.07 Å². The first-order valence-electron chi connectivity index (χ1n) is 6.58. The summed E-state index contributed by atoms with van der Waals surface area (Å²) in [5.74, 6) is -0.736. The molecule has 1 aromatic carbocycles. The molecule has 0 aliphatic heterocycles. The predicted molar refractivity (Wildman–Crippen MR) is 81.6 cm³/mol. The van der Waals surface area contributed by atoms with E-state index in [0.29, 0.717) is 11.3 Å². The van der Waals surface area contributed by atoms with Crippen molar-refractivity contribution in [3.63, 3.8) is 0 Å². The third kappa shape index (κ3) is 5.69. The highest BCUT2D eigenvalue weighted by Crippen LogP contribution is 2.17. The minimum Gasteiger partial charge on any atom is -0.428 e. The smallest absolute Gasteiger partial charge is 0.428 e. The summed E-state index contributed by atoms with van der Waals surface area (Å²) >= 11 is 0. The van der Waals surface area contributed by atoms with Crippen LogP contribution in [0.25, 0.3) is 6.08 Å². The van der Waals surface area contributed by atoms with Gasteiger partial charge in [0.25, 0.3) is 0 Å². The van der Waals surface area contributed by atoms with Crippen molar-refractivity contribution >= 4 is 23.9 Å². The Balaban J connectivity index is 2.78. The number of rotatable bonds is 2. The van der Waals surface area contributed by atoms with Crippen molar-refractivity contribution in [1.29, 1.82) is 0 Å². The summed E-state index contributed by atoms with van der Waals surface area (Å²) in [4.78, 5) is 23.2. The summed E-state index contributed by atoms with van der Waals surface area (Å²) in [6, 6.07) is 5.35. The molecule has 0 heterocycles. The monoisotopic (exact) mass is 291 g/mol. The fourth-order valence-electron chi connectivity index (χ4n) is 1.58. The molecule has 0 aliphatic rings. The van der Waals surface area contributed by atoms with Crippen LogP contribution in [-0.4, -0.2) is 17.7 Å². The molecule has 0 aliphatic carbocycles. The maximum Gasteiger partial charge on any atom is 0.516 e. The molecular formula is C16H21NO4. The lowest BCUT2D eigenvalue weighted by Gasteiger charge is -2.18. The lowest BCUT2D eigenvalue weighted by atomic mass is 10.1. The number of benzene rings is 1. The first-order chi connectivity index (χ1) is 9.58. The average molecular weight is 291 g/mol. The number of hydrogen-bond donors (Lipinski definition) is 1. The highest BCUT2D eigenvalue weighted by molar-refractivity contribution is 5.98. The van der Waals surface area contributed by atoms with Crippen LogP contribution in [0.15, 0.2) is 23.8 Å². The Hall–Kier alpha value is -2.30. The van der Waals surface area contributed by atoms with E-state index in [-0.39, 0.29) is 0 Å². The number of esters is 1. The van der Waals surface area contributed by atoms with Gasteiger partial charge in [-0.25, -0.2) is 9.59 Å². The molecule has 0 unspecified atom stereocenters. The van der Waals surface area contributed by atoms with Gasteiger partial charge in [0.2, 0.25) is 0 Å². The summed E-state index contributed by atoms with van der Waals surface area (Å²) < 4.78 is 9.55. The zero-order valence-corrected chi connectivity index (χ0v) is 13.0. The van der Waals surface area contributed by atoms with E-state index < -0.39 is 17.7 Å². The maximum absolute atomic E-state index is 11.8.